The van der Waals surface area contributed by atoms with E-state index in [2.05, 4.69) is 23.0 Å². The first kappa shape index (κ1) is 13.6. The highest BCUT2D eigenvalue weighted by Gasteiger charge is 2.22. The summed E-state index contributed by atoms with van der Waals surface area (Å²) < 4.78 is 5.04. The van der Waals surface area contributed by atoms with Gasteiger partial charge in [-0.3, -0.25) is 5.01 Å². The number of likely N-dealkylation sites (N-methyl/N-ethyl adjacent to an activating group) is 1. The molecule has 0 aliphatic carbocycles. The number of anilines is 1. The molecule has 102 valence electrons. The largest absolute Gasteiger partial charge is 0.462 e. The molecule has 19 heavy (non-hydrogen) atoms. The molecule has 1 aliphatic heterocycles. The van der Waals surface area contributed by atoms with Gasteiger partial charge in [0.25, 0.3) is 0 Å². The van der Waals surface area contributed by atoms with Crippen molar-refractivity contribution in [3.8, 4) is 0 Å². The van der Waals surface area contributed by atoms with Gasteiger partial charge < -0.3 is 4.74 Å². The molecule has 1 aliphatic rings. The molecule has 0 bridgehead atoms. The number of rotatable bonds is 3. The molecule has 4 nitrogen and oxygen atoms in total. The van der Waals surface area contributed by atoms with Gasteiger partial charge in [0.2, 0.25) is 0 Å². The second kappa shape index (κ2) is 5.45. The quantitative estimate of drug-likeness (QED) is 0.782. The Morgan fingerprint density at radius 1 is 1.42 bits per heavy atom. The number of aryl methyl sites for hydroxylation is 1. The van der Waals surface area contributed by atoms with Crippen molar-refractivity contribution in [2.75, 3.05) is 18.7 Å². The lowest BCUT2D eigenvalue weighted by Crippen LogP contribution is -2.36. The maximum absolute atomic E-state index is 11.8. The average molecular weight is 260 g/mol. The molecular formula is C15H20N2O2. The van der Waals surface area contributed by atoms with Crippen LogP contribution in [0.3, 0.4) is 0 Å². The van der Waals surface area contributed by atoms with Crippen LogP contribution in [-0.4, -0.2) is 30.7 Å². The first-order valence-corrected chi connectivity index (χ1v) is 6.52. The second-order valence-corrected chi connectivity index (χ2v) is 4.72. The average Bonchev–Trinajstić information content (AvgIpc) is 2.71. The molecule has 1 aromatic carbocycles. The lowest BCUT2D eigenvalue weighted by Gasteiger charge is -2.29. The van der Waals surface area contributed by atoms with E-state index in [9.17, 15) is 4.79 Å². The lowest BCUT2D eigenvalue weighted by molar-refractivity contribution is 0.0526. The van der Waals surface area contributed by atoms with E-state index in [1.807, 2.05) is 39.2 Å². The third kappa shape index (κ3) is 2.63. The fourth-order valence-electron chi connectivity index (χ4n) is 2.08. The van der Waals surface area contributed by atoms with Crippen LogP contribution >= 0.6 is 0 Å². The van der Waals surface area contributed by atoms with E-state index < -0.39 is 0 Å². The molecule has 1 unspecified atom stereocenters. The summed E-state index contributed by atoms with van der Waals surface area (Å²) in [6.07, 6.45) is 4.15. The van der Waals surface area contributed by atoms with Crippen LogP contribution in [0.1, 0.15) is 29.8 Å². The van der Waals surface area contributed by atoms with E-state index in [0.717, 1.165) is 11.3 Å². The Kier molecular flexibility index (Phi) is 3.90. The zero-order valence-electron chi connectivity index (χ0n) is 11.9. The SMILES string of the molecule is CCOC(=O)c1ccc(C)c(N2C=CC(C)N2C)c1. The van der Waals surface area contributed by atoms with E-state index in [-0.39, 0.29) is 5.97 Å². The maximum Gasteiger partial charge on any atom is 0.338 e. The number of hydrogen-bond acceptors (Lipinski definition) is 4. The highest BCUT2D eigenvalue weighted by molar-refractivity contribution is 5.91. The third-order valence-electron chi connectivity index (χ3n) is 3.40. The first-order valence-electron chi connectivity index (χ1n) is 6.52. The summed E-state index contributed by atoms with van der Waals surface area (Å²) in [5.41, 5.74) is 2.72. The van der Waals surface area contributed by atoms with Crippen molar-refractivity contribution < 1.29 is 9.53 Å². The van der Waals surface area contributed by atoms with Gasteiger partial charge in [0, 0.05) is 19.3 Å². The minimum atomic E-state index is -0.275. The Balaban J connectivity index is 2.33. The Labute approximate surface area is 114 Å². The van der Waals surface area contributed by atoms with Gasteiger partial charge in [-0.25, -0.2) is 9.80 Å². The van der Waals surface area contributed by atoms with Crippen LogP contribution < -0.4 is 5.01 Å². The minimum Gasteiger partial charge on any atom is -0.462 e. The number of hydrogen-bond donors (Lipinski definition) is 0. The molecule has 0 saturated heterocycles. The van der Waals surface area contributed by atoms with E-state index in [4.69, 9.17) is 4.74 Å². The van der Waals surface area contributed by atoms with Gasteiger partial charge in [-0.1, -0.05) is 6.07 Å². The van der Waals surface area contributed by atoms with Crippen molar-refractivity contribution in [1.29, 1.82) is 0 Å². The van der Waals surface area contributed by atoms with Crippen molar-refractivity contribution in [3.63, 3.8) is 0 Å². The number of carbonyl (C=O) groups is 1. The summed E-state index contributed by atoms with van der Waals surface area (Å²) in [5, 5.41) is 4.18. The minimum absolute atomic E-state index is 0.275. The normalized spacial score (nSPS) is 18.9. The van der Waals surface area contributed by atoms with E-state index in [0.29, 0.717) is 18.2 Å². The highest BCUT2D eigenvalue weighted by Crippen LogP contribution is 2.27. The van der Waals surface area contributed by atoms with Crippen molar-refractivity contribution in [3.05, 3.63) is 41.6 Å². The van der Waals surface area contributed by atoms with Gasteiger partial charge in [-0.2, -0.15) is 0 Å². The third-order valence-corrected chi connectivity index (χ3v) is 3.40. The monoisotopic (exact) mass is 260 g/mol. The molecule has 0 fully saturated rings. The summed E-state index contributed by atoms with van der Waals surface area (Å²) in [5.74, 6) is -0.275. The zero-order valence-corrected chi connectivity index (χ0v) is 11.9. The maximum atomic E-state index is 11.8. The molecule has 0 spiro atoms. The predicted octanol–water partition coefficient (Wildman–Crippen LogP) is 2.74. The van der Waals surface area contributed by atoms with E-state index >= 15 is 0 Å². The fraction of sp³-hybridized carbons (Fsp3) is 0.400. The van der Waals surface area contributed by atoms with Crippen LogP contribution in [0.25, 0.3) is 0 Å². The number of carbonyl (C=O) groups excluding carboxylic acids is 1. The van der Waals surface area contributed by atoms with Gasteiger partial charge in [-0.15, -0.1) is 0 Å². The number of esters is 1. The van der Waals surface area contributed by atoms with Gasteiger partial charge >= 0.3 is 5.97 Å². The Bertz CT molecular complexity index is 511. The molecule has 0 saturated carbocycles. The fourth-order valence-corrected chi connectivity index (χ4v) is 2.08. The number of nitrogens with zero attached hydrogens (tertiary/aromatic N) is 2. The molecule has 2 rings (SSSR count). The van der Waals surface area contributed by atoms with Crippen molar-refractivity contribution in [2.24, 2.45) is 0 Å². The van der Waals surface area contributed by atoms with Crippen LogP contribution in [0.15, 0.2) is 30.5 Å². The van der Waals surface area contributed by atoms with Gasteiger partial charge in [0.05, 0.1) is 17.9 Å². The van der Waals surface area contributed by atoms with Crippen LogP contribution in [-0.2, 0) is 4.74 Å². The topological polar surface area (TPSA) is 32.8 Å². The van der Waals surface area contributed by atoms with Crippen LogP contribution in [0.2, 0.25) is 0 Å². The highest BCUT2D eigenvalue weighted by atomic mass is 16.5. The Morgan fingerprint density at radius 2 is 2.16 bits per heavy atom. The summed E-state index contributed by atoms with van der Waals surface area (Å²) >= 11 is 0. The van der Waals surface area contributed by atoms with Gasteiger partial charge in [0.1, 0.15) is 0 Å². The van der Waals surface area contributed by atoms with Crippen LogP contribution in [0, 0.1) is 6.92 Å². The van der Waals surface area contributed by atoms with Crippen LogP contribution in [0.4, 0.5) is 5.69 Å². The molecule has 0 aromatic heterocycles. The van der Waals surface area contributed by atoms with Gasteiger partial charge in [0.15, 0.2) is 0 Å². The molecule has 0 amide bonds. The van der Waals surface area contributed by atoms with Crippen molar-refractivity contribution >= 4 is 11.7 Å². The lowest BCUT2D eigenvalue weighted by atomic mass is 10.1. The smallest absolute Gasteiger partial charge is 0.338 e. The van der Waals surface area contributed by atoms with Gasteiger partial charge in [-0.05, 0) is 44.5 Å². The molecule has 0 N–H and O–H groups in total. The molecule has 1 heterocycles. The van der Waals surface area contributed by atoms with E-state index in [1.165, 1.54) is 0 Å². The molecule has 0 radical (unpaired) electrons. The second-order valence-electron chi connectivity index (χ2n) is 4.72. The van der Waals surface area contributed by atoms with Crippen LogP contribution in [0.5, 0.6) is 0 Å². The molecule has 4 heteroatoms. The first-order chi connectivity index (χ1) is 9.04. The molecule has 1 atom stereocenters. The predicted molar refractivity (Wildman–Crippen MR) is 76.0 cm³/mol. The zero-order chi connectivity index (χ0) is 14.0. The summed E-state index contributed by atoms with van der Waals surface area (Å²) in [6, 6.07) is 5.99. The van der Waals surface area contributed by atoms with Crippen molar-refractivity contribution in [2.45, 2.75) is 26.8 Å². The van der Waals surface area contributed by atoms with E-state index in [1.54, 1.807) is 6.07 Å². The van der Waals surface area contributed by atoms with Crippen molar-refractivity contribution in [1.82, 2.24) is 5.01 Å². The summed E-state index contributed by atoms with van der Waals surface area (Å²) in [4.78, 5) is 11.8. The number of hydrazine groups is 1. The molecular weight excluding hydrogens is 240 g/mol. The Morgan fingerprint density at radius 3 is 2.74 bits per heavy atom. The summed E-state index contributed by atoms with van der Waals surface area (Å²) in [6.45, 7) is 6.37. The standard InChI is InChI=1S/C15H20N2O2/c1-5-19-15(18)13-7-6-11(2)14(10-13)17-9-8-12(3)16(17)4/h6-10,12H,5H2,1-4H3. The summed E-state index contributed by atoms with van der Waals surface area (Å²) in [7, 11) is 2.03. The number of ether oxygens (including phenoxy) is 1. The Hall–Kier alpha value is -1.81. The molecule has 1 aromatic rings. The number of benzene rings is 1.